The maximum absolute atomic E-state index is 8.27. The van der Waals surface area contributed by atoms with Crippen LogP contribution in [0, 0.1) is 16.7 Å². The molecule has 1 spiro atoms. The van der Waals surface area contributed by atoms with Crippen LogP contribution in [0.15, 0.2) is 22.7 Å². The Kier molecular flexibility index (Phi) is 2.28. The van der Waals surface area contributed by atoms with Gasteiger partial charge in [-0.3, -0.25) is 0 Å². The van der Waals surface area contributed by atoms with Crippen LogP contribution in [-0.4, -0.2) is 18.9 Å². The van der Waals surface area contributed by atoms with Crippen LogP contribution >= 0.6 is 15.9 Å². The Balaban J connectivity index is 1.80. The molecular weight excluding hydrogens is 290 g/mol. The van der Waals surface area contributed by atoms with E-state index < -0.39 is 0 Å². The first-order valence-electron chi connectivity index (χ1n) is 6.66. The van der Waals surface area contributed by atoms with Crippen molar-refractivity contribution in [2.24, 2.45) is 11.3 Å². The second kappa shape index (κ2) is 3.67. The molecule has 1 heterocycles. The van der Waals surface area contributed by atoms with E-state index in [0.717, 1.165) is 42.7 Å². The zero-order valence-corrected chi connectivity index (χ0v) is 11.8. The van der Waals surface area contributed by atoms with E-state index in [9.17, 15) is 0 Å². The van der Waals surface area contributed by atoms with E-state index >= 15 is 0 Å². The van der Waals surface area contributed by atoms with Gasteiger partial charge >= 0.3 is 0 Å². The van der Waals surface area contributed by atoms with Gasteiger partial charge in [-0.25, -0.2) is 0 Å². The second-order valence-corrected chi connectivity index (χ2v) is 6.82. The SMILES string of the molecule is N=C1C2c3cc(Br)ccc3CC3(CCOCC3)C12. The molecule has 2 unspecified atom stereocenters. The normalized spacial score (nSPS) is 31.9. The molecule has 2 fully saturated rings. The van der Waals surface area contributed by atoms with Crippen molar-refractivity contribution in [1.29, 1.82) is 5.41 Å². The zero-order valence-electron chi connectivity index (χ0n) is 10.2. The fourth-order valence-electron chi connectivity index (χ4n) is 4.06. The minimum atomic E-state index is 0.334. The van der Waals surface area contributed by atoms with Crippen LogP contribution in [0.4, 0.5) is 0 Å². The summed E-state index contributed by atoms with van der Waals surface area (Å²) in [6, 6.07) is 6.61. The van der Waals surface area contributed by atoms with Crippen LogP contribution in [-0.2, 0) is 11.2 Å². The summed E-state index contributed by atoms with van der Waals surface area (Å²) < 4.78 is 6.67. The molecular formula is C15H16BrNO. The van der Waals surface area contributed by atoms with E-state index in [1.165, 1.54) is 11.1 Å². The predicted octanol–water partition coefficient (Wildman–Crippen LogP) is 3.54. The number of nitrogens with one attached hydrogen (secondary N) is 1. The highest BCUT2D eigenvalue weighted by Crippen LogP contribution is 2.63. The van der Waals surface area contributed by atoms with Crippen LogP contribution in [0.3, 0.4) is 0 Å². The first-order chi connectivity index (χ1) is 8.71. The molecule has 1 aliphatic heterocycles. The van der Waals surface area contributed by atoms with Crippen molar-refractivity contribution in [1.82, 2.24) is 0 Å². The minimum absolute atomic E-state index is 0.334. The van der Waals surface area contributed by atoms with Gasteiger partial charge in [0.25, 0.3) is 0 Å². The fraction of sp³-hybridized carbons (Fsp3) is 0.533. The Morgan fingerprint density at radius 3 is 2.83 bits per heavy atom. The molecule has 1 aromatic rings. The average Bonchev–Trinajstić information content (AvgIpc) is 3.05. The average molecular weight is 306 g/mol. The number of hydrogen-bond donors (Lipinski definition) is 1. The van der Waals surface area contributed by atoms with Crippen molar-refractivity contribution < 1.29 is 4.74 Å². The Bertz CT molecular complexity index is 533. The highest BCUT2D eigenvalue weighted by atomic mass is 79.9. The van der Waals surface area contributed by atoms with E-state index in [2.05, 4.69) is 34.1 Å². The first-order valence-corrected chi connectivity index (χ1v) is 7.45. The van der Waals surface area contributed by atoms with Crippen molar-refractivity contribution in [3.8, 4) is 0 Å². The molecule has 1 saturated heterocycles. The number of halogens is 1. The van der Waals surface area contributed by atoms with Gasteiger partial charge in [0.2, 0.25) is 0 Å². The zero-order chi connectivity index (χ0) is 12.3. The molecule has 2 nitrogen and oxygen atoms in total. The Morgan fingerprint density at radius 1 is 1.28 bits per heavy atom. The fourth-order valence-corrected chi connectivity index (χ4v) is 4.44. The third-order valence-corrected chi connectivity index (χ3v) is 5.52. The van der Waals surface area contributed by atoms with Gasteiger partial charge in [0.05, 0.1) is 0 Å². The maximum atomic E-state index is 8.27. The lowest BCUT2D eigenvalue weighted by molar-refractivity contribution is 0.00270. The summed E-state index contributed by atoms with van der Waals surface area (Å²) in [6.07, 6.45) is 3.40. The van der Waals surface area contributed by atoms with E-state index in [0.29, 0.717) is 17.3 Å². The third-order valence-electron chi connectivity index (χ3n) is 5.03. The van der Waals surface area contributed by atoms with Crippen LogP contribution in [0.1, 0.15) is 29.9 Å². The predicted molar refractivity (Wildman–Crippen MR) is 74.3 cm³/mol. The van der Waals surface area contributed by atoms with Crippen LogP contribution in [0.2, 0.25) is 0 Å². The molecule has 2 atom stereocenters. The van der Waals surface area contributed by atoms with Gasteiger partial charge in [-0.2, -0.15) is 0 Å². The molecule has 0 amide bonds. The van der Waals surface area contributed by atoms with E-state index in [1.54, 1.807) is 0 Å². The summed E-state index contributed by atoms with van der Waals surface area (Å²) in [5.74, 6) is 0.910. The summed E-state index contributed by atoms with van der Waals surface area (Å²) in [5, 5.41) is 8.27. The van der Waals surface area contributed by atoms with E-state index in [4.69, 9.17) is 10.1 Å². The van der Waals surface area contributed by atoms with Crippen LogP contribution in [0.25, 0.3) is 0 Å². The standard InChI is InChI=1S/C15H16BrNO/c16-10-2-1-9-8-15(3-5-18-6-4-15)13-12(14(13)17)11(9)7-10/h1-2,7,12-13,17H,3-6,8H2. The summed E-state index contributed by atoms with van der Waals surface area (Å²) in [4.78, 5) is 0. The number of rotatable bonds is 0. The topological polar surface area (TPSA) is 33.1 Å². The van der Waals surface area contributed by atoms with Crippen LogP contribution in [0.5, 0.6) is 0 Å². The monoisotopic (exact) mass is 305 g/mol. The van der Waals surface area contributed by atoms with E-state index in [-0.39, 0.29) is 0 Å². The highest BCUT2D eigenvalue weighted by molar-refractivity contribution is 9.10. The molecule has 2 aliphatic carbocycles. The third kappa shape index (κ3) is 1.41. The lowest BCUT2D eigenvalue weighted by Crippen LogP contribution is -2.36. The smallest absolute Gasteiger partial charge is 0.0471 e. The summed E-state index contributed by atoms with van der Waals surface area (Å²) in [7, 11) is 0. The number of benzene rings is 1. The summed E-state index contributed by atoms with van der Waals surface area (Å²) in [5.41, 5.74) is 4.16. The minimum Gasteiger partial charge on any atom is -0.381 e. The van der Waals surface area contributed by atoms with Crippen molar-refractivity contribution in [2.75, 3.05) is 13.2 Å². The van der Waals surface area contributed by atoms with Gasteiger partial charge in [-0.15, -0.1) is 0 Å². The largest absolute Gasteiger partial charge is 0.381 e. The molecule has 1 aromatic carbocycles. The van der Waals surface area contributed by atoms with E-state index in [1.807, 2.05) is 0 Å². The van der Waals surface area contributed by atoms with Crippen LogP contribution < -0.4 is 0 Å². The Morgan fingerprint density at radius 2 is 2.06 bits per heavy atom. The maximum Gasteiger partial charge on any atom is 0.0471 e. The van der Waals surface area contributed by atoms with Gasteiger partial charge in [0.1, 0.15) is 0 Å². The molecule has 3 heteroatoms. The molecule has 1 saturated carbocycles. The highest BCUT2D eigenvalue weighted by Gasteiger charge is 2.61. The quantitative estimate of drug-likeness (QED) is 0.781. The Labute approximate surface area is 115 Å². The number of ether oxygens (including phenoxy) is 1. The van der Waals surface area contributed by atoms with Gasteiger partial charge < -0.3 is 10.1 Å². The molecule has 0 radical (unpaired) electrons. The molecule has 0 aromatic heterocycles. The van der Waals surface area contributed by atoms with Crippen molar-refractivity contribution in [3.63, 3.8) is 0 Å². The lowest BCUT2D eigenvalue weighted by Gasteiger charge is -2.40. The molecule has 18 heavy (non-hydrogen) atoms. The van der Waals surface area contributed by atoms with Gasteiger partial charge in [-0.1, -0.05) is 22.0 Å². The Hall–Kier alpha value is -0.670. The number of fused-ring (bicyclic) bond motifs is 4. The van der Waals surface area contributed by atoms with Gasteiger partial charge in [0.15, 0.2) is 0 Å². The summed E-state index contributed by atoms with van der Waals surface area (Å²) in [6.45, 7) is 1.75. The van der Waals surface area contributed by atoms with Crippen molar-refractivity contribution in [3.05, 3.63) is 33.8 Å². The molecule has 1 N–H and O–H groups in total. The molecule has 4 rings (SSSR count). The van der Waals surface area contributed by atoms with Crippen molar-refractivity contribution >= 4 is 21.6 Å². The molecule has 94 valence electrons. The summed E-state index contributed by atoms with van der Waals surface area (Å²) >= 11 is 3.55. The molecule has 3 aliphatic rings. The van der Waals surface area contributed by atoms with Gasteiger partial charge in [-0.05, 0) is 47.9 Å². The lowest BCUT2D eigenvalue weighted by atomic mass is 9.67. The van der Waals surface area contributed by atoms with Gasteiger partial charge in [0, 0.05) is 35.2 Å². The molecule has 0 bridgehead atoms. The van der Waals surface area contributed by atoms with Crippen molar-refractivity contribution in [2.45, 2.75) is 25.2 Å². The second-order valence-electron chi connectivity index (χ2n) is 5.91. The number of hydrogen-bond acceptors (Lipinski definition) is 2. The first kappa shape index (κ1) is 11.2.